The quantitative estimate of drug-likeness (QED) is 0.649. The highest BCUT2D eigenvalue weighted by molar-refractivity contribution is 6.22. The molecule has 1 unspecified atom stereocenters. The van der Waals surface area contributed by atoms with E-state index >= 15 is 0 Å². The molecule has 1 aliphatic carbocycles. The number of likely N-dealkylation sites (tertiary alicyclic amines) is 1. The van der Waals surface area contributed by atoms with Gasteiger partial charge < -0.3 is 15.0 Å². The number of ether oxygens (including phenoxy) is 1. The Kier molecular flexibility index (Phi) is 6.40. The predicted molar refractivity (Wildman–Crippen MR) is 124 cm³/mol. The number of rotatable bonds is 5. The smallest absolute Gasteiger partial charge is 0.252 e. The van der Waals surface area contributed by atoms with Crippen LogP contribution in [-0.4, -0.2) is 74.0 Å². The third kappa shape index (κ3) is 4.34. The normalized spacial score (nSPS) is 29.6. The second-order valence-corrected chi connectivity index (χ2v) is 10.1. The highest BCUT2D eigenvalue weighted by Gasteiger charge is 2.53. The first-order chi connectivity index (χ1) is 16.4. The van der Waals surface area contributed by atoms with Crippen LogP contribution in [0.5, 0.6) is 0 Å². The van der Waals surface area contributed by atoms with Crippen LogP contribution in [0.3, 0.4) is 0 Å². The van der Waals surface area contributed by atoms with E-state index in [1.54, 1.807) is 35.4 Å². The molecule has 3 fully saturated rings. The van der Waals surface area contributed by atoms with Gasteiger partial charge in [0.05, 0.1) is 5.38 Å². The molecule has 4 atom stereocenters. The molecule has 2 amide bonds. The van der Waals surface area contributed by atoms with Gasteiger partial charge in [0.25, 0.3) is 5.91 Å². The Labute approximate surface area is 202 Å². The summed E-state index contributed by atoms with van der Waals surface area (Å²) < 4.78 is 7.25. The Bertz CT molecular complexity index is 1070. The van der Waals surface area contributed by atoms with Crippen LogP contribution in [-0.2, 0) is 14.3 Å². The zero-order valence-corrected chi connectivity index (χ0v) is 19.7. The fourth-order valence-electron chi connectivity index (χ4n) is 5.37. The van der Waals surface area contributed by atoms with E-state index in [9.17, 15) is 14.4 Å². The zero-order valence-electron chi connectivity index (χ0n) is 19.0. The van der Waals surface area contributed by atoms with Gasteiger partial charge in [0.15, 0.2) is 5.78 Å². The lowest BCUT2D eigenvalue weighted by Crippen LogP contribution is -2.55. The van der Waals surface area contributed by atoms with Gasteiger partial charge in [-0.25, -0.2) is 0 Å². The number of nitrogens with zero attached hydrogens (tertiary/aromatic N) is 4. The molecule has 0 bridgehead atoms. The van der Waals surface area contributed by atoms with Gasteiger partial charge in [0.2, 0.25) is 5.91 Å². The van der Waals surface area contributed by atoms with E-state index in [1.807, 2.05) is 6.07 Å². The summed E-state index contributed by atoms with van der Waals surface area (Å²) in [5.41, 5.74) is 1.18. The molecule has 34 heavy (non-hydrogen) atoms. The van der Waals surface area contributed by atoms with Gasteiger partial charge in [-0.15, -0.1) is 21.8 Å². The lowest BCUT2D eigenvalue weighted by molar-refractivity contribution is -0.139. The van der Waals surface area contributed by atoms with E-state index in [4.69, 9.17) is 16.3 Å². The van der Waals surface area contributed by atoms with Crippen LogP contribution in [0.2, 0.25) is 0 Å². The number of ketones is 1. The first kappa shape index (κ1) is 23.0. The summed E-state index contributed by atoms with van der Waals surface area (Å²) in [6.45, 7) is 2.41. The van der Waals surface area contributed by atoms with Crippen LogP contribution in [0, 0.1) is 11.8 Å². The molecule has 1 aromatic heterocycles. The summed E-state index contributed by atoms with van der Waals surface area (Å²) in [4.78, 5) is 41.1. The molecule has 3 heterocycles. The molecule has 2 aromatic rings. The van der Waals surface area contributed by atoms with Crippen LogP contribution in [0.15, 0.2) is 36.9 Å². The molecule has 180 valence electrons. The third-order valence-corrected chi connectivity index (χ3v) is 7.70. The first-order valence-corrected chi connectivity index (χ1v) is 12.2. The number of alkyl halides is 1. The lowest BCUT2D eigenvalue weighted by Gasteiger charge is -2.35. The second kappa shape index (κ2) is 9.46. The van der Waals surface area contributed by atoms with E-state index in [1.165, 1.54) is 4.90 Å². The molecule has 9 nitrogen and oxygen atoms in total. The molecule has 1 saturated carbocycles. The number of hydrogen-bond acceptors (Lipinski definition) is 6. The number of aromatic nitrogens is 3. The zero-order chi connectivity index (χ0) is 23.8. The molecule has 3 aliphatic rings. The van der Waals surface area contributed by atoms with Gasteiger partial charge in [-0.1, -0.05) is 25.8 Å². The number of fused-ring (bicyclic) bond motifs is 1. The molecule has 0 radical (unpaired) electrons. The van der Waals surface area contributed by atoms with Crippen molar-refractivity contribution in [2.45, 2.75) is 56.2 Å². The number of amides is 2. The van der Waals surface area contributed by atoms with Crippen molar-refractivity contribution >= 4 is 29.2 Å². The van der Waals surface area contributed by atoms with E-state index in [0.29, 0.717) is 11.5 Å². The van der Waals surface area contributed by atoms with E-state index < -0.39 is 23.6 Å². The summed E-state index contributed by atoms with van der Waals surface area (Å²) >= 11 is 6.42. The Morgan fingerprint density at radius 3 is 2.65 bits per heavy atom. The van der Waals surface area contributed by atoms with Gasteiger partial charge in [0, 0.05) is 17.8 Å². The van der Waals surface area contributed by atoms with Gasteiger partial charge in [-0.05, 0) is 42.9 Å². The minimum absolute atomic E-state index is 0.000990. The molecule has 5 rings (SSSR count). The van der Waals surface area contributed by atoms with Crippen molar-refractivity contribution in [1.29, 1.82) is 0 Å². The number of halogens is 1. The fraction of sp³-hybridized carbons (Fsp3) is 0.542. The van der Waals surface area contributed by atoms with Gasteiger partial charge in [0.1, 0.15) is 37.4 Å². The number of nitrogens with one attached hydrogen (secondary N) is 1. The molecule has 10 heteroatoms. The second-order valence-electron chi connectivity index (χ2n) is 9.58. The number of carbonyl (C=O) groups excluding carboxylic acids is 3. The number of hydrogen-bond donors (Lipinski definition) is 1. The monoisotopic (exact) mass is 485 g/mol. The summed E-state index contributed by atoms with van der Waals surface area (Å²) in [6.07, 6.45) is 6.31. The number of benzene rings is 1. The van der Waals surface area contributed by atoms with Crippen molar-refractivity contribution in [2.75, 3.05) is 13.2 Å². The number of Topliss-reactive ketones (excluding diaryl/α,β-unsaturated/α-hetero) is 1. The topological polar surface area (TPSA) is 106 Å². The predicted octanol–water partition coefficient (Wildman–Crippen LogP) is 1.98. The molecular weight excluding hydrogens is 458 g/mol. The largest absolute Gasteiger partial charge is 0.366 e. The highest BCUT2D eigenvalue weighted by atomic mass is 35.5. The maximum absolute atomic E-state index is 13.8. The maximum Gasteiger partial charge on any atom is 0.252 e. The molecule has 0 spiro atoms. The molecular formula is C24H28ClN5O4. The van der Waals surface area contributed by atoms with Crippen LogP contribution < -0.4 is 5.32 Å². The highest BCUT2D eigenvalue weighted by Crippen LogP contribution is 2.35. The summed E-state index contributed by atoms with van der Waals surface area (Å²) in [5.74, 6) is -0.125. The Balaban J connectivity index is 1.39. The van der Waals surface area contributed by atoms with Crippen molar-refractivity contribution in [3.8, 4) is 5.69 Å². The van der Waals surface area contributed by atoms with Gasteiger partial charge in [-0.2, -0.15) is 0 Å². The Morgan fingerprint density at radius 1 is 1.18 bits per heavy atom. The maximum atomic E-state index is 13.8. The van der Waals surface area contributed by atoms with Gasteiger partial charge >= 0.3 is 0 Å². The SMILES string of the molecule is C[C@H]1CC[C@H](C(NC(=O)c2cccc(-n3cnnc3)c2)C(=O)N2C[C@H](Cl)[C@H]3OCC(=O)[C@H]32)CC1. The molecule has 1 N–H and O–H groups in total. The van der Waals surface area contributed by atoms with Crippen molar-refractivity contribution in [3.63, 3.8) is 0 Å². The average Bonchev–Trinajstić information content (AvgIpc) is 3.58. The molecule has 2 saturated heterocycles. The molecule has 1 aromatic carbocycles. The average molecular weight is 486 g/mol. The van der Waals surface area contributed by atoms with Crippen molar-refractivity contribution in [2.24, 2.45) is 11.8 Å². The number of carbonyl (C=O) groups is 3. The third-order valence-electron chi connectivity index (χ3n) is 7.32. The Hall–Kier alpha value is -2.78. The minimum Gasteiger partial charge on any atom is -0.366 e. The molecule has 2 aliphatic heterocycles. The lowest BCUT2D eigenvalue weighted by atomic mass is 9.78. The van der Waals surface area contributed by atoms with Crippen LogP contribution in [0.1, 0.15) is 43.0 Å². The van der Waals surface area contributed by atoms with Crippen molar-refractivity contribution < 1.29 is 19.1 Å². The standard InChI is InChI=1S/C24H28ClN5O4/c1-14-5-7-15(8-6-14)20(24(33)30-10-18(25)22-21(30)19(31)11-34-22)28-23(32)16-3-2-4-17(9-16)29-12-26-27-13-29/h2-4,9,12-15,18,20-22H,5-8,10-11H2,1H3,(H,28,32)/t14-,15-,18-,20?,21+,22+/m0/s1. The Morgan fingerprint density at radius 2 is 1.91 bits per heavy atom. The van der Waals surface area contributed by atoms with E-state index in [0.717, 1.165) is 31.4 Å². The fourth-order valence-corrected chi connectivity index (χ4v) is 5.73. The van der Waals surface area contributed by atoms with Crippen LogP contribution >= 0.6 is 11.6 Å². The van der Waals surface area contributed by atoms with Crippen LogP contribution in [0.25, 0.3) is 5.69 Å². The van der Waals surface area contributed by atoms with E-state index in [-0.39, 0.29) is 36.7 Å². The van der Waals surface area contributed by atoms with E-state index in [2.05, 4.69) is 22.4 Å². The van der Waals surface area contributed by atoms with Crippen molar-refractivity contribution in [1.82, 2.24) is 25.0 Å². The summed E-state index contributed by atoms with van der Waals surface area (Å²) in [6, 6.07) is 5.67. The summed E-state index contributed by atoms with van der Waals surface area (Å²) in [5, 5.41) is 10.2. The van der Waals surface area contributed by atoms with Gasteiger partial charge in [-0.3, -0.25) is 19.0 Å². The summed E-state index contributed by atoms with van der Waals surface area (Å²) in [7, 11) is 0. The van der Waals surface area contributed by atoms with Crippen LogP contribution in [0.4, 0.5) is 0 Å². The van der Waals surface area contributed by atoms with Crippen molar-refractivity contribution in [3.05, 3.63) is 42.5 Å². The first-order valence-electron chi connectivity index (χ1n) is 11.8. The minimum atomic E-state index is -0.727.